The summed E-state index contributed by atoms with van der Waals surface area (Å²) < 4.78 is 0.634. The molecule has 8 nitrogen and oxygen atoms in total. The van der Waals surface area contributed by atoms with E-state index in [1.165, 1.54) is 52.5 Å². The van der Waals surface area contributed by atoms with Gasteiger partial charge in [-0.15, -0.1) is 10.2 Å². The Kier molecular flexibility index (Phi) is 6.30. The topological polar surface area (TPSA) is 117 Å². The molecule has 174 valence electrons. The lowest BCUT2D eigenvalue weighted by Gasteiger charge is -2.22. The molecule has 3 heterocycles. The standard InChI is InChI=1S/C25H18N4O4S2/c30-18-8-4-7-17(13-18)20-19(21(31)16-9-11-26-12-10-16)22(32)23(33)29(20)24-27-28-25(35-24)34-14-15-5-2-1-3-6-15/h1-13,20,30-31H,14H2/b21-19+. The Labute approximate surface area is 208 Å². The number of nitrogens with zero attached hydrogens (tertiary/aromatic N) is 4. The van der Waals surface area contributed by atoms with Crippen LogP contribution in [0.5, 0.6) is 5.75 Å². The molecule has 0 spiro atoms. The lowest BCUT2D eigenvalue weighted by atomic mass is 9.95. The minimum Gasteiger partial charge on any atom is -0.508 e. The quantitative estimate of drug-likeness (QED) is 0.130. The fourth-order valence-electron chi connectivity index (χ4n) is 3.78. The first-order valence-electron chi connectivity index (χ1n) is 10.5. The average molecular weight is 503 g/mol. The number of ketones is 1. The van der Waals surface area contributed by atoms with Gasteiger partial charge in [-0.05, 0) is 35.4 Å². The van der Waals surface area contributed by atoms with Gasteiger partial charge in [-0.3, -0.25) is 19.5 Å². The molecule has 1 atom stereocenters. The number of phenolic OH excluding ortho intramolecular Hbond substituents is 1. The Balaban J connectivity index is 1.55. The second-order valence-electron chi connectivity index (χ2n) is 7.62. The van der Waals surface area contributed by atoms with Crippen LogP contribution in [0.4, 0.5) is 5.13 Å². The fourth-order valence-corrected chi connectivity index (χ4v) is 5.61. The highest BCUT2D eigenvalue weighted by Gasteiger charge is 2.48. The van der Waals surface area contributed by atoms with Gasteiger partial charge < -0.3 is 10.2 Å². The number of carbonyl (C=O) groups is 2. The average Bonchev–Trinajstić information content (AvgIpc) is 3.46. The van der Waals surface area contributed by atoms with E-state index in [0.717, 1.165) is 5.56 Å². The maximum atomic E-state index is 13.2. The summed E-state index contributed by atoms with van der Waals surface area (Å²) in [6.45, 7) is 0. The molecule has 35 heavy (non-hydrogen) atoms. The molecular formula is C25H18N4O4S2. The van der Waals surface area contributed by atoms with Crippen LogP contribution in [0.25, 0.3) is 5.76 Å². The van der Waals surface area contributed by atoms with E-state index in [0.29, 0.717) is 21.2 Å². The predicted molar refractivity (Wildman–Crippen MR) is 133 cm³/mol. The molecule has 5 rings (SSSR count). The van der Waals surface area contributed by atoms with Gasteiger partial charge in [0.2, 0.25) is 5.13 Å². The summed E-state index contributed by atoms with van der Waals surface area (Å²) >= 11 is 2.66. The lowest BCUT2D eigenvalue weighted by molar-refractivity contribution is -0.132. The van der Waals surface area contributed by atoms with Crippen molar-refractivity contribution in [3.05, 3.63) is 101 Å². The van der Waals surface area contributed by atoms with Gasteiger partial charge in [0.15, 0.2) is 4.34 Å². The van der Waals surface area contributed by atoms with Crippen molar-refractivity contribution in [2.45, 2.75) is 16.1 Å². The molecule has 4 aromatic rings. The van der Waals surface area contributed by atoms with Gasteiger partial charge in [0, 0.05) is 23.7 Å². The van der Waals surface area contributed by atoms with Crippen LogP contribution < -0.4 is 4.90 Å². The van der Waals surface area contributed by atoms with Crippen LogP contribution >= 0.6 is 23.1 Å². The minimum atomic E-state index is -0.991. The van der Waals surface area contributed by atoms with Crippen molar-refractivity contribution >= 4 is 45.7 Å². The van der Waals surface area contributed by atoms with Gasteiger partial charge in [-0.1, -0.05) is 65.6 Å². The number of hydrogen-bond donors (Lipinski definition) is 2. The van der Waals surface area contributed by atoms with Crippen molar-refractivity contribution in [1.82, 2.24) is 15.2 Å². The van der Waals surface area contributed by atoms with Gasteiger partial charge in [0.05, 0.1) is 11.6 Å². The van der Waals surface area contributed by atoms with Gasteiger partial charge in [0.25, 0.3) is 5.78 Å². The summed E-state index contributed by atoms with van der Waals surface area (Å²) in [7, 11) is 0. The van der Waals surface area contributed by atoms with Crippen LogP contribution in [0.2, 0.25) is 0 Å². The summed E-state index contributed by atoms with van der Waals surface area (Å²) in [4.78, 5) is 31.5. The zero-order chi connectivity index (χ0) is 24.4. The molecule has 0 radical (unpaired) electrons. The lowest BCUT2D eigenvalue weighted by Crippen LogP contribution is -2.29. The number of pyridine rings is 1. The molecule has 2 aromatic heterocycles. The molecule has 0 saturated carbocycles. The highest BCUT2D eigenvalue weighted by molar-refractivity contribution is 8.00. The first-order chi connectivity index (χ1) is 17.0. The van der Waals surface area contributed by atoms with Gasteiger partial charge in [-0.2, -0.15) is 0 Å². The molecule has 1 unspecified atom stereocenters. The van der Waals surface area contributed by atoms with Gasteiger partial charge >= 0.3 is 5.91 Å². The van der Waals surface area contributed by atoms with Crippen molar-refractivity contribution in [2.75, 3.05) is 4.90 Å². The maximum Gasteiger partial charge on any atom is 0.301 e. The minimum absolute atomic E-state index is 0.0339. The Morgan fingerprint density at radius 2 is 1.77 bits per heavy atom. The second kappa shape index (κ2) is 9.69. The number of aliphatic hydroxyl groups excluding tert-OH is 1. The molecule has 1 aliphatic heterocycles. The van der Waals surface area contributed by atoms with E-state index in [4.69, 9.17) is 0 Å². The number of amides is 1. The van der Waals surface area contributed by atoms with Crippen LogP contribution in [0.15, 0.2) is 89.0 Å². The highest BCUT2D eigenvalue weighted by atomic mass is 32.2. The number of aromatic nitrogens is 3. The molecule has 10 heteroatoms. The van der Waals surface area contributed by atoms with Crippen LogP contribution in [0.1, 0.15) is 22.7 Å². The molecule has 1 aliphatic rings. The van der Waals surface area contributed by atoms with Gasteiger partial charge in [-0.25, -0.2) is 0 Å². The molecule has 2 N–H and O–H groups in total. The highest BCUT2D eigenvalue weighted by Crippen LogP contribution is 2.44. The van der Waals surface area contributed by atoms with E-state index in [1.807, 2.05) is 30.3 Å². The first-order valence-corrected chi connectivity index (χ1v) is 12.3. The normalized spacial score (nSPS) is 17.1. The Morgan fingerprint density at radius 3 is 2.51 bits per heavy atom. The fraction of sp³-hybridized carbons (Fsp3) is 0.0800. The van der Waals surface area contributed by atoms with E-state index in [1.54, 1.807) is 24.3 Å². The van der Waals surface area contributed by atoms with Crippen LogP contribution in [0, 0.1) is 0 Å². The molecule has 0 bridgehead atoms. The maximum absolute atomic E-state index is 13.2. The predicted octanol–water partition coefficient (Wildman–Crippen LogP) is 4.56. The van der Waals surface area contributed by atoms with E-state index in [-0.39, 0.29) is 22.2 Å². The Bertz CT molecular complexity index is 1420. The van der Waals surface area contributed by atoms with Crippen molar-refractivity contribution in [1.29, 1.82) is 0 Å². The molecule has 1 amide bonds. The molecule has 1 fully saturated rings. The van der Waals surface area contributed by atoms with E-state index in [2.05, 4.69) is 15.2 Å². The van der Waals surface area contributed by atoms with Crippen LogP contribution in [-0.4, -0.2) is 37.1 Å². The second-order valence-corrected chi connectivity index (χ2v) is 9.80. The molecule has 1 saturated heterocycles. The number of hydrogen-bond acceptors (Lipinski definition) is 9. The Morgan fingerprint density at radius 1 is 1.00 bits per heavy atom. The van der Waals surface area contributed by atoms with E-state index < -0.39 is 17.7 Å². The number of Topliss-reactive ketones (excluding diaryl/α,β-unsaturated/α-hetero) is 1. The number of aromatic hydroxyl groups is 1. The Hall–Kier alpha value is -4.02. The van der Waals surface area contributed by atoms with E-state index in [9.17, 15) is 19.8 Å². The number of rotatable bonds is 6. The summed E-state index contributed by atoms with van der Waals surface area (Å²) in [5.74, 6) is -1.36. The number of thioether (sulfide) groups is 1. The number of anilines is 1. The van der Waals surface area contributed by atoms with Crippen molar-refractivity contribution < 1.29 is 19.8 Å². The third-order valence-corrected chi connectivity index (χ3v) is 7.52. The molecule has 0 aliphatic carbocycles. The smallest absolute Gasteiger partial charge is 0.301 e. The SMILES string of the molecule is O=C1C(=O)N(c2nnc(SCc3ccccc3)s2)C(c2cccc(O)c2)/C1=C(\O)c1ccncc1. The summed E-state index contributed by atoms with van der Waals surface area (Å²) in [6, 6.07) is 18.2. The van der Waals surface area contributed by atoms with Crippen molar-refractivity contribution in [3.63, 3.8) is 0 Å². The summed E-state index contributed by atoms with van der Waals surface area (Å²) in [5.41, 5.74) is 1.82. The van der Waals surface area contributed by atoms with Gasteiger partial charge in [0.1, 0.15) is 11.5 Å². The van der Waals surface area contributed by atoms with Crippen molar-refractivity contribution in [3.8, 4) is 5.75 Å². The summed E-state index contributed by atoms with van der Waals surface area (Å²) in [5, 5.41) is 29.7. The van der Waals surface area contributed by atoms with Crippen LogP contribution in [0.3, 0.4) is 0 Å². The molecular weight excluding hydrogens is 484 g/mol. The number of aliphatic hydroxyl groups is 1. The first kappa shape index (κ1) is 22.8. The van der Waals surface area contributed by atoms with E-state index >= 15 is 0 Å². The number of benzene rings is 2. The van der Waals surface area contributed by atoms with Crippen molar-refractivity contribution in [2.24, 2.45) is 0 Å². The third kappa shape index (κ3) is 4.53. The third-order valence-electron chi connectivity index (χ3n) is 5.39. The number of phenols is 1. The van der Waals surface area contributed by atoms with Crippen LogP contribution in [-0.2, 0) is 15.3 Å². The number of carbonyl (C=O) groups excluding carboxylic acids is 2. The summed E-state index contributed by atoms with van der Waals surface area (Å²) in [6.07, 6.45) is 2.96. The zero-order valence-corrected chi connectivity index (χ0v) is 19.7. The molecule has 2 aromatic carbocycles. The zero-order valence-electron chi connectivity index (χ0n) is 18.1. The monoisotopic (exact) mass is 502 g/mol. The largest absolute Gasteiger partial charge is 0.508 e.